The molecule has 0 radical (unpaired) electrons. The van der Waals surface area contributed by atoms with Gasteiger partial charge < -0.3 is 4.74 Å². The van der Waals surface area contributed by atoms with Gasteiger partial charge in [-0.05, 0) is 22.1 Å². The van der Waals surface area contributed by atoms with Crippen molar-refractivity contribution in [1.29, 1.82) is 0 Å². The summed E-state index contributed by atoms with van der Waals surface area (Å²) in [6, 6.07) is 6.44. The lowest BCUT2D eigenvalue weighted by Crippen LogP contribution is -2.13. The third kappa shape index (κ3) is 2.19. The lowest BCUT2D eigenvalue weighted by molar-refractivity contribution is 0.134. The fourth-order valence-electron chi connectivity index (χ4n) is 1.85. The van der Waals surface area contributed by atoms with E-state index < -0.39 is 0 Å². The lowest BCUT2D eigenvalue weighted by atomic mass is 9.86. The van der Waals surface area contributed by atoms with Crippen molar-refractivity contribution in [1.82, 2.24) is 0 Å². The van der Waals surface area contributed by atoms with Gasteiger partial charge in [-0.2, -0.15) is 0 Å². The summed E-state index contributed by atoms with van der Waals surface area (Å²) in [7, 11) is 0. The molecule has 1 aliphatic heterocycles. The number of rotatable bonds is 1. The van der Waals surface area contributed by atoms with Gasteiger partial charge in [0.25, 0.3) is 0 Å². The topological polar surface area (TPSA) is 9.23 Å². The van der Waals surface area contributed by atoms with Gasteiger partial charge in [-0.15, -0.1) is 11.6 Å². The summed E-state index contributed by atoms with van der Waals surface area (Å²) in [4.78, 5) is 0. The summed E-state index contributed by atoms with van der Waals surface area (Å²) in [5.74, 6) is 0. The molecule has 82 valence electrons. The van der Waals surface area contributed by atoms with Crippen LogP contribution in [-0.4, -0.2) is 0 Å². The zero-order chi connectivity index (χ0) is 11.1. The van der Waals surface area contributed by atoms with Crippen molar-refractivity contribution in [3.63, 3.8) is 0 Å². The molecule has 0 N–H and O–H groups in total. The maximum absolute atomic E-state index is 6.44. The van der Waals surface area contributed by atoms with Crippen LogP contribution in [0.1, 0.15) is 42.8 Å². The average Bonchev–Trinajstić information content (AvgIpc) is 2.61. The molecule has 0 saturated heterocycles. The van der Waals surface area contributed by atoms with E-state index >= 15 is 0 Å². The number of ether oxygens (including phenoxy) is 1. The number of hydrogen-bond acceptors (Lipinski definition) is 1. The van der Waals surface area contributed by atoms with Crippen molar-refractivity contribution in [2.75, 3.05) is 0 Å². The second kappa shape index (κ2) is 3.80. The molecule has 1 aromatic carbocycles. The van der Waals surface area contributed by atoms with Gasteiger partial charge in [0, 0.05) is 0 Å². The molecule has 1 unspecified atom stereocenters. The Morgan fingerprint density at radius 2 is 1.87 bits per heavy atom. The molecule has 2 rings (SSSR count). The van der Waals surface area contributed by atoms with Gasteiger partial charge in [-0.25, -0.2) is 0 Å². The van der Waals surface area contributed by atoms with Crippen LogP contribution in [-0.2, 0) is 18.0 Å². The first-order valence-corrected chi connectivity index (χ1v) is 5.75. The number of alkyl halides is 1. The zero-order valence-electron chi connectivity index (χ0n) is 9.51. The Labute approximate surface area is 96.4 Å². The van der Waals surface area contributed by atoms with Crippen LogP contribution in [0.2, 0.25) is 0 Å². The fourth-order valence-corrected chi connectivity index (χ4v) is 1.99. The van der Waals surface area contributed by atoms with Gasteiger partial charge in [0.1, 0.15) is 0 Å². The molecular weight excluding hydrogens is 208 g/mol. The van der Waals surface area contributed by atoms with E-state index in [1.807, 2.05) is 0 Å². The second-order valence-corrected chi connectivity index (χ2v) is 5.69. The smallest absolute Gasteiger partial charge is 0.0725 e. The first-order valence-electron chi connectivity index (χ1n) is 5.32. The van der Waals surface area contributed by atoms with E-state index in [9.17, 15) is 0 Å². The highest BCUT2D eigenvalue weighted by molar-refractivity contribution is 6.21. The highest BCUT2D eigenvalue weighted by Crippen LogP contribution is 2.39. The minimum atomic E-state index is 0.0587. The van der Waals surface area contributed by atoms with Gasteiger partial charge in [-0.3, -0.25) is 0 Å². The van der Waals surface area contributed by atoms with Gasteiger partial charge in [0.05, 0.1) is 18.6 Å². The predicted molar refractivity (Wildman–Crippen MR) is 63.0 cm³/mol. The Morgan fingerprint density at radius 1 is 1.20 bits per heavy atom. The predicted octanol–water partition coefficient (Wildman–Crippen LogP) is 4.04. The van der Waals surface area contributed by atoms with E-state index in [4.69, 9.17) is 16.3 Å². The Morgan fingerprint density at radius 3 is 2.53 bits per heavy atom. The third-order valence-electron chi connectivity index (χ3n) is 2.80. The van der Waals surface area contributed by atoms with Crippen LogP contribution in [0.3, 0.4) is 0 Å². The molecule has 1 nitrogen and oxygen atoms in total. The normalized spacial score (nSPS) is 17.6. The summed E-state index contributed by atoms with van der Waals surface area (Å²) in [5, 5.41) is 0.0587. The largest absolute Gasteiger partial charge is 0.372 e. The summed E-state index contributed by atoms with van der Waals surface area (Å²) in [6.07, 6.45) is 0. The molecular formula is C13H17ClO. The zero-order valence-corrected chi connectivity index (χ0v) is 10.3. The summed E-state index contributed by atoms with van der Waals surface area (Å²) in [6.45, 7) is 7.96. The standard InChI is InChI=1S/C13H17ClO/c1-13(2,3)12(14)9-4-5-10-7-15-8-11(10)6-9/h4-6,12H,7-8H2,1-3H3. The fraction of sp³-hybridized carbons (Fsp3) is 0.538. The van der Waals surface area contributed by atoms with Crippen LogP contribution in [0.15, 0.2) is 18.2 Å². The molecule has 0 amide bonds. The molecule has 0 aromatic heterocycles. The van der Waals surface area contributed by atoms with Crippen LogP contribution < -0.4 is 0 Å². The number of benzene rings is 1. The highest BCUT2D eigenvalue weighted by atomic mass is 35.5. The molecule has 1 aromatic rings. The minimum Gasteiger partial charge on any atom is -0.372 e. The molecule has 1 atom stereocenters. The lowest BCUT2D eigenvalue weighted by Gasteiger charge is -2.25. The van der Waals surface area contributed by atoms with E-state index in [0.717, 1.165) is 13.2 Å². The van der Waals surface area contributed by atoms with Crippen molar-refractivity contribution >= 4 is 11.6 Å². The Hall–Kier alpha value is -0.530. The maximum atomic E-state index is 6.44. The van der Waals surface area contributed by atoms with Gasteiger partial charge in [-0.1, -0.05) is 39.0 Å². The third-order valence-corrected chi connectivity index (χ3v) is 3.71. The van der Waals surface area contributed by atoms with Gasteiger partial charge in [0.2, 0.25) is 0 Å². The van der Waals surface area contributed by atoms with Crippen LogP contribution in [0, 0.1) is 5.41 Å². The molecule has 0 fully saturated rings. The number of halogens is 1. The first kappa shape index (κ1) is 11.0. The Bertz CT molecular complexity index is 365. The molecule has 1 heterocycles. The summed E-state index contributed by atoms with van der Waals surface area (Å²) in [5.41, 5.74) is 3.89. The van der Waals surface area contributed by atoms with Crippen molar-refractivity contribution in [2.24, 2.45) is 5.41 Å². The minimum absolute atomic E-state index is 0.0587. The van der Waals surface area contributed by atoms with Crippen LogP contribution >= 0.6 is 11.6 Å². The van der Waals surface area contributed by atoms with E-state index in [1.54, 1.807) is 0 Å². The maximum Gasteiger partial charge on any atom is 0.0725 e. The quantitative estimate of drug-likeness (QED) is 0.655. The second-order valence-electron chi connectivity index (χ2n) is 5.25. The molecule has 2 heteroatoms. The molecule has 0 aliphatic carbocycles. The summed E-state index contributed by atoms with van der Waals surface area (Å²) < 4.78 is 5.39. The molecule has 0 bridgehead atoms. The van der Waals surface area contributed by atoms with E-state index in [-0.39, 0.29) is 10.8 Å². The molecule has 1 aliphatic rings. The van der Waals surface area contributed by atoms with Crippen LogP contribution in [0.5, 0.6) is 0 Å². The Kier molecular flexibility index (Phi) is 2.78. The SMILES string of the molecule is CC(C)(C)C(Cl)c1ccc2c(c1)COC2. The van der Waals surface area contributed by atoms with Crippen molar-refractivity contribution in [3.05, 3.63) is 34.9 Å². The number of hydrogen-bond donors (Lipinski definition) is 0. The van der Waals surface area contributed by atoms with Crippen LogP contribution in [0.4, 0.5) is 0 Å². The molecule has 0 saturated carbocycles. The van der Waals surface area contributed by atoms with Crippen molar-refractivity contribution < 1.29 is 4.74 Å². The Balaban J connectivity index is 2.31. The van der Waals surface area contributed by atoms with Crippen molar-refractivity contribution in [3.8, 4) is 0 Å². The van der Waals surface area contributed by atoms with Crippen molar-refractivity contribution in [2.45, 2.75) is 39.4 Å². The highest BCUT2D eigenvalue weighted by Gasteiger charge is 2.25. The first-order chi connectivity index (χ1) is 6.98. The van der Waals surface area contributed by atoms with Gasteiger partial charge in [0.15, 0.2) is 0 Å². The summed E-state index contributed by atoms with van der Waals surface area (Å²) >= 11 is 6.44. The monoisotopic (exact) mass is 224 g/mol. The van der Waals surface area contributed by atoms with E-state index in [0.29, 0.717) is 0 Å². The molecule has 0 spiro atoms. The van der Waals surface area contributed by atoms with Crippen LogP contribution in [0.25, 0.3) is 0 Å². The van der Waals surface area contributed by atoms with E-state index in [1.165, 1.54) is 16.7 Å². The number of fused-ring (bicyclic) bond motifs is 1. The van der Waals surface area contributed by atoms with E-state index in [2.05, 4.69) is 39.0 Å². The van der Waals surface area contributed by atoms with Gasteiger partial charge >= 0.3 is 0 Å². The average molecular weight is 225 g/mol. The molecule has 15 heavy (non-hydrogen) atoms.